The number of anilines is 1. The number of nitrogens with zero attached hydrogens (tertiary/aromatic N) is 1. The minimum Gasteiger partial charge on any atom is -0.339 e. The van der Waals surface area contributed by atoms with Crippen LogP contribution >= 0.6 is 11.6 Å². The van der Waals surface area contributed by atoms with Gasteiger partial charge in [-0.15, -0.1) is 0 Å². The lowest BCUT2D eigenvalue weighted by Crippen LogP contribution is -2.30. The van der Waals surface area contributed by atoms with Crippen LogP contribution in [0.1, 0.15) is 29.8 Å². The molecule has 1 N–H and O–H groups in total. The standard InChI is InChI=1S/C18H21ClN2O3S/c1-4-21(5-2)18(22)14-7-6-8-16(11-14)25(23,24)20-17-12-15(19)10-9-13(17)3/h6-12,20H,4-5H2,1-3H3. The summed E-state index contributed by atoms with van der Waals surface area (Å²) in [5, 5.41) is 0.439. The van der Waals surface area contributed by atoms with Crippen molar-refractivity contribution in [2.75, 3.05) is 17.8 Å². The Labute approximate surface area is 153 Å². The lowest BCUT2D eigenvalue weighted by molar-refractivity contribution is 0.0772. The second kappa shape index (κ2) is 7.89. The van der Waals surface area contributed by atoms with Gasteiger partial charge in [-0.25, -0.2) is 8.42 Å². The summed E-state index contributed by atoms with van der Waals surface area (Å²) in [6, 6.07) is 11.0. The average Bonchev–Trinajstić information content (AvgIpc) is 2.59. The maximum Gasteiger partial charge on any atom is 0.261 e. The van der Waals surface area contributed by atoms with Crippen molar-refractivity contribution < 1.29 is 13.2 Å². The fourth-order valence-corrected chi connectivity index (χ4v) is 3.74. The SMILES string of the molecule is CCN(CC)C(=O)c1cccc(S(=O)(=O)Nc2cc(Cl)ccc2C)c1. The molecule has 0 saturated heterocycles. The molecule has 0 aliphatic heterocycles. The molecular weight excluding hydrogens is 360 g/mol. The predicted molar refractivity (Wildman–Crippen MR) is 101 cm³/mol. The highest BCUT2D eigenvalue weighted by Gasteiger charge is 2.19. The number of hydrogen-bond acceptors (Lipinski definition) is 3. The van der Waals surface area contributed by atoms with Gasteiger partial charge < -0.3 is 4.90 Å². The molecule has 5 nitrogen and oxygen atoms in total. The molecule has 0 saturated carbocycles. The van der Waals surface area contributed by atoms with E-state index < -0.39 is 10.0 Å². The van der Waals surface area contributed by atoms with E-state index in [0.717, 1.165) is 5.56 Å². The predicted octanol–water partition coefficient (Wildman–Crippen LogP) is 3.93. The van der Waals surface area contributed by atoms with Gasteiger partial charge in [0.25, 0.3) is 15.9 Å². The molecule has 134 valence electrons. The third kappa shape index (κ3) is 4.52. The van der Waals surface area contributed by atoms with Gasteiger partial charge in [-0.1, -0.05) is 23.7 Å². The van der Waals surface area contributed by atoms with Crippen molar-refractivity contribution in [3.05, 3.63) is 58.6 Å². The number of carbonyl (C=O) groups is 1. The van der Waals surface area contributed by atoms with Crippen LogP contribution in [0.5, 0.6) is 0 Å². The highest BCUT2D eigenvalue weighted by atomic mass is 35.5. The van der Waals surface area contributed by atoms with E-state index in [2.05, 4.69) is 4.72 Å². The Morgan fingerprint density at radius 2 is 1.80 bits per heavy atom. The summed E-state index contributed by atoms with van der Waals surface area (Å²) in [4.78, 5) is 14.1. The van der Waals surface area contributed by atoms with Gasteiger partial charge in [0.2, 0.25) is 0 Å². The van der Waals surface area contributed by atoms with Crippen LogP contribution in [0.25, 0.3) is 0 Å². The Bertz CT molecular complexity index is 878. The van der Waals surface area contributed by atoms with Gasteiger partial charge in [-0.05, 0) is 56.7 Å². The zero-order valence-electron chi connectivity index (χ0n) is 14.4. The van der Waals surface area contributed by atoms with Crippen molar-refractivity contribution >= 4 is 33.2 Å². The van der Waals surface area contributed by atoms with E-state index in [1.807, 2.05) is 13.8 Å². The molecule has 0 spiro atoms. The van der Waals surface area contributed by atoms with Gasteiger partial charge in [0, 0.05) is 23.7 Å². The van der Waals surface area contributed by atoms with Crippen LogP contribution in [0.2, 0.25) is 5.02 Å². The summed E-state index contributed by atoms with van der Waals surface area (Å²) < 4.78 is 27.9. The van der Waals surface area contributed by atoms with Crippen LogP contribution in [0.3, 0.4) is 0 Å². The normalized spacial score (nSPS) is 11.2. The van der Waals surface area contributed by atoms with E-state index >= 15 is 0 Å². The molecule has 25 heavy (non-hydrogen) atoms. The third-order valence-electron chi connectivity index (χ3n) is 3.89. The molecule has 0 unspecified atom stereocenters. The molecule has 2 aromatic carbocycles. The Kier molecular flexibility index (Phi) is 6.08. The zero-order valence-corrected chi connectivity index (χ0v) is 16.0. The molecule has 7 heteroatoms. The molecule has 0 aliphatic rings. The number of nitrogens with one attached hydrogen (secondary N) is 1. The largest absolute Gasteiger partial charge is 0.339 e. The number of carbonyl (C=O) groups excluding carboxylic acids is 1. The van der Waals surface area contributed by atoms with Crippen molar-refractivity contribution in [3.63, 3.8) is 0 Å². The molecular formula is C18H21ClN2O3S. The maximum absolute atomic E-state index is 12.7. The Morgan fingerprint density at radius 1 is 1.12 bits per heavy atom. The summed E-state index contributed by atoms with van der Waals surface area (Å²) in [5.74, 6) is -0.194. The van der Waals surface area contributed by atoms with Crippen molar-refractivity contribution in [2.45, 2.75) is 25.7 Å². The van der Waals surface area contributed by atoms with E-state index in [1.54, 1.807) is 42.2 Å². The Hall–Kier alpha value is -2.05. The second-order valence-corrected chi connectivity index (χ2v) is 7.69. The summed E-state index contributed by atoms with van der Waals surface area (Å²) in [7, 11) is -3.83. The van der Waals surface area contributed by atoms with E-state index in [1.165, 1.54) is 12.1 Å². The lowest BCUT2D eigenvalue weighted by atomic mass is 10.2. The number of benzene rings is 2. The minimum atomic E-state index is -3.83. The van der Waals surface area contributed by atoms with E-state index in [4.69, 9.17) is 11.6 Å². The minimum absolute atomic E-state index is 0.0323. The fraction of sp³-hybridized carbons (Fsp3) is 0.278. The molecule has 0 heterocycles. The topological polar surface area (TPSA) is 66.5 Å². The van der Waals surface area contributed by atoms with E-state index in [-0.39, 0.29) is 10.8 Å². The smallest absolute Gasteiger partial charge is 0.261 e. The van der Waals surface area contributed by atoms with Crippen LogP contribution < -0.4 is 4.72 Å². The maximum atomic E-state index is 12.7. The van der Waals surface area contributed by atoms with Crippen molar-refractivity contribution in [1.82, 2.24) is 4.90 Å². The van der Waals surface area contributed by atoms with Gasteiger partial charge in [-0.2, -0.15) is 0 Å². The van der Waals surface area contributed by atoms with Gasteiger partial charge in [-0.3, -0.25) is 9.52 Å². The van der Waals surface area contributed by atoms with Crippen molar-refractivity contribution in [1.29, 1.82) is 0 Å². The first-order chi connectivity index (χ1) is 11.8. The Morgan fingerprint density at radius 3 is 2.44 bits per heavy atom. The molecule has 0 fully saturated rings. The van der Waals surface area contributed by atoms with Crippen molar-refractivity contribution in [2.24, 2.45) is 0 Å². The number of sulfonamides is 1. The first kappa shape index (κ1) is 19.3. The Balaban J connectivity index is 2.35. The summed E-state index contributed by atoms with van der Waals surface area (Å²) in [5.41, 5.74) is 1.51. The third-order valence-corrected chi connectivity index (χ3v) is 5.48. The van der Waals surface area contributed by atoms with Gasteiger partial charge in [0.1, 0.15) is 0 Å². The zero-order chi connectivity index (χ0) is 18.6. The van der Waals surface area contributed by atoms with Crippen LogP contribution in [-0.4, -0.2) is 32.3 Å². The molecule has 0 bridgehead atoms. The van der Waals surface area contributed by atoms with Gasteiger partial charge in [0.15, 0.2) is 0 Å². The number of aryl methyl sites for hydroxylation is 1. The van der Waals surface area contributed by atoms with Crippen LogP contribution in [-0.2, 0) is 10.0 Å². The van der Waals surface area contributed by atoms with E-state index in [9.17, 15) is 13.2 Å². The highest BCUT2D eigenvalue weighted by Crippen LogP contribution is 2.24. The number of hydrogen-bond donors (Lipinski definition) is 1. The second-order valence-electron chi connectivity index (χ2n) is 5.57. The number of rotatable bonds is 6. The quantitative estimate of drug-likeness (QED) is 0.825. The fourth-order valence-electron chi connectivity index (χ4n) is 2.40. The molecule has 2 aromatic rings. The highest BCUT2D eigenvalue weighted by molar-refractivity contribution is 7.92. The summed E-state index contributed by atoms with van der Waals surface area (Å²) in [6.45, 7) is 6.67. The van der Waals surface area contributed by atoms with Crippen LogP contribution in [0, 0.1) is 6.92 Å². The van der Waals surface area contributed by atoms with Gasteiger partial charge >= 0.3 is 0 Å². The molecule has 0 aliphatic carbocycles. The monoisotopic (exact) mass is 380 g/mol. The van der Waals surface area contributed by atoms with Gasteiger partial charge in [0.05, 0.1) is 10.6 Å². The molecule has 0 aromatic heterocycles. The van der Waals surface area contributed by atoms with Crippen molar-refractivity contribution in [3.8, 4) is 0 Å². The van der Waals surface area contributed by atoms with Crippen LogP contribution in [0.15, 0.2) is 47.4 Å². The average molecular weight is 381 g/mol. The summed E-state index contributed by atoms with van der Waals surface area (Å²) >= 11 is 5.94. The molecule has 1 amide bonds. The number of halogens is 1. The lowest BCUT2D eigenvalue weighted by Gasteiger charge is -2.19. The summed E-state index contributed by atoms with van der Waals surface area (Å²) in [6.07, 6.45) is 0. The molecule has 0 radical (unpaired) electrons. The molecule has 0 atom stereocenters. The first-order valence-corrected chi connectivity index (χ1v) is 9.83. The van der Waals surface area contributed by atoms with Crippen LogP contribution in [0.4, 0.5) is 5.69 Å². The van der Waals surface area contributed by atoms with E-state index in [0.29, 0.717) is 29.4 Å². The first-order valence-electron chi connectivity index (χ1n) is 7.96. The number of amides is 1. The molecule has 2 rings (SSSR count).